The van der Waals surface area contributed by atoms with Crippen molar-refractivity contribution in [2.24, 2.45) is 0 Å². The van der Waals surface area contributed by atoms with Crippen LogP contribution in [0.3, 0.4) is 0 Å². The highest BCUT2D eigenvalue weighted by Gasteiger charge is 2.33. The van der Waals surface area contributed by atoms with E-state index in [2.05, 4.69) is 24.1 Å². The molecular weight excluding hydrogens is 432 g/mol. The van der Waals surface area contributed by atoms with Gasteiger partial charge in [0.15, 0.2) is 18.2 Å². The topological polar surface area (TPSA) is 92.8 Å². The highest BCUT2D eigenvalue weighted by Crippen LogP contribution is 2.29. The van der Waals surface area contributed by atoms with Crippen molar-refractivity contribution in [3.8, 4) is 0 Å². The molecule has 3 aromatic carbocycles. The third kappa shape index (κ3) is 4.32. The zero-order valence-corrected chi connectivity index (χ0v) is 19.0. The van der Waals surface area contributed by atoms with Crippen LogP contribution in [-0.4, -0.2) is 43.1 Å². The van der Waals surface area contributed by atoms with Gasteiger partial charge in [0.05, 0.1) is 5.56 Å². The molecule has 1 N–H and O–H groups in total. The number of carbonyl (C=O) groups excluding carboxylic acids is 4. The van der Waals surface area contributed by atoms with Crippen LogP contribution in [0.2, 0.25) is 0 Å². The first kappa shape index (κ1) is 22.9. The molecule has 7 heteroatoms. The lowest BCUT2D eigenvalue weighted by molar-refractivity contribution is -0.119. The summed E-state index contributed by atoms with van der Waals surface area (Å²) >= 11 is 0. The number of benzene rings is 3. The summed E-state index contributed by atoms with van der Waals surface area (Å²) in [5.41, 5.74) is 2.28. The maximum absolute atomic E-state index is 13.0. The Kier molecular flexibility index (Phi) is 6.54. The minimum absolute atomic E-state index is 0.00333. The number of hydrogen-bond acceptors (Lipinski definition) is 6. The number of ketones is 2. The predicted molar refractivity (Wildman–Crippen MR) is 129 cm³/mol. The summed E-state index contributed by atoms with van der Waals surface area (Å²) in [7, 11) is 0. The van der Waals surface area contributed by atoms with E-state index in [1.165, 1.54) is 18.2 Å². The lowest BCUT2D eigenvalue weighted by atomic mass is 9.82. The number of fused-ring (bicyclic) bond motifs is 2. The van der Waals surface area contributed by atoms with E-state index < -0.39 is 24.3 Å². The Bertz CT molecular complexity index is 1280. The van der Waals surface area contributed by atoms with E-state index in [0.717, 1.165) is 18.8 Å². The van der Waals surface area contributed by atoms with Gasteiger partial charge >= 0.3 is 5.97 Å². The zero-order valence-electron chi connectivity index (χ0n) is 19.0. The Morgan fingerprint density at radius 3 is 2.06 bits per heavy atom. The van der Waals surface area contributed by atoms with Crippen LogP contribution in [0, 0.1) is 0 Å². The molecule has 0 fully saturated rings. The molecule has 0 spiro atoms. The van der Waals surface area contributed by atoms with Gasteiger partial charge in [-0.05, 0) is 44.2 Å². The molecule has 3 aromatic rings. The second kappa shape index (κ2) is 9.70. The molecule has 172 valence electrons. The second-order valence-electron chi connectivity index (χ2n) is 7.78. The molecule has 1 aliphatic carbocycles. The second-order valence-corrected chi connectivity index (χ2v) is 7.78. The molecule has 0 unspecified atom stereocenters. The van der Waals surface area contributed by atoms with Gasteiger partial charge in [-0.15, -0.1) is 0 Å². The number of nitrogens with zero attached hydrogens (tertiary/aromatic N) is 1. The Hall–Kier alpha value is -4.26. The summed E-state index contributed by atoms with van der Waals surface area (Å²) in [6, 6.07) is 18.3. The first-order chi connectivity index (χ1) is 16.4. The van der Waals surface area contributed by atoms with Gasteiger partial charge in [-0.3, -0.25) is 14.4 Å². The molecule has 1 amide bonds. The van der Waals surface area contributed by atoms with E-state index in [0.29, 0.717) is 11.3 Å². The van der Waals surface area contributed by atoms with E-state index in [9.17, 15) is 19.2 Å². The quantitative estimate of drug-likeness (QED) is 0.421. The number of esters is 1. The standard InChI is InChI=1S/C27H24N2O5/c1-3-29(4-2)18-14-12-17(13-15-18)28-23(30)16-34-27(33)22-11-7-10-21-24(22)26(32)20-9-6-5-8-19(20)25(21)31/h5-15H,3-4,16H2,1-2H3,(H,28,30). The summed E-state index contributed by atoms with van der Waals surface area (Å²) in [5.74, 6) is -2.10. The largest absolute Gasteiger partial charge is 0.452 e. The number of amides is 1. The van der Waals surface area contributed by atoms with Gasteiger partial charge in [0.1, 0.15) is 0 Å². The summed E-state index contributed by atoms with van der Waals surface area (Å²) in [5, 5.41) is 2.69. The number of carbonyl (C=O) groups is 4. The third-order valence-corrected chi connectivity index (χ3v) is 5.79. The summed E-state index contributed by atoms with van der Waals surface area (Å²) < 4.78 is 5.17. The van der Waals surface area contributed by atoms with Crippen molar-refractivity contribution in [2.75, 3.05) is 29.9 Å². The molecule has 34 heavy (non-hydrogen) atoms. The summed E-state index contributed by atoms with van der Waals surface area (Å²) in [6.07, 6.45) is 0. The van der Waals surface area contributed by atoms with E-state index in [-0.39, 0.29) is 28.0 Å². The van der Waals surface area contributed by atoms with Crippen LogP contribution < -0.4 is 10.2 Å². The van der Waals surface area contributed by atoms with Gasteiger partial charge in [-0.2, -0.15) is 0 Å². The van der Waals surface area contributed by atoms with Gasteiger partial charge in [-0.1, -0.05) is 36.4 Å². The number of hydrogen-bond donors (Lipinski definition) is 1. The number of rotatable bonds is 7. The van der Waals surface area contributed by atoms with Crippen LogP contribution in [0.15, 0.2) is 66.7 Å². The average Bonchev–Trinajstić information content (AvgIpc) is 2.87. The molecule has 0 aromatic heterocycles. The Morgan fingerprint density at radius 2 is 1.41 bits per heavy atom. The molecule has 4 rings (SSSR count). The van der Waals surface area contributed by atoms with Crippen LogP contribution in [-0.2, 0) is 9.53 Å². The summed E-state index contributed by atoms with van der Waals surface area (Å²) in [6.45, 7) is 5.36. The van der Waals surface area contributed by atoms with Crippen molar-refractivity contribution in [3.63, 3.8) is 0 Å². The van der Waals surface area contributed by atoms with Crippen molar-refractivity contribution in [1.29, 1.82) is 0 Å². The normalized spacial score (nSPS) is 11.9. The van der Waals surface area contributed by atoms with Crippen molar-refractivity contribution in [1.82, 2.24) is 0 Å². The van der Waals surface area contributed by atoms with Gasteiger partial charge < -0.3 is 15.0 Å². The lowest BCUT2D eigenvalue weighted by Crippen LogP contribution is -2.26. The minimum Gasteiger partial charge on any atom is -0.452 e. The highest BCUT2D eigenvalue weighted by molar-refractivity contribution is 6.30. The monoisotopic (exact) mass is 456 g/mol. The Morgan fingerprint density at radius 1 is 0.794 bits per heavy atom. The van der Waals surface area contributed by atoms with Crippen LogP contribution in [0.1, 0.15) is 56.0 Å². The van der Waals surface area contributed by atoms with Crippen LogP contribution in [0.4, 0.5) is 11.4 Å². The van der Waals surface area contributed by atoms with Crippen LogP contribution in [0.25, 0.3) is 0 Å². The number of ether oxygens (including phenoxy) is 1. The lowest BCUT2D eigenvalue weighted by Gasteiger charge is -2.21. The number of nitrogens with one attached hydrogen (secondary N) is 1. The molecule has 0 saturated heterocycles. The maximum atomic E-state index is 13.0. The molecule has 0 atom stereocenters. The van der Waals surface area contributed by atoms with E-state index in [1.54, 1.807) is 36.4 Å². The Labute approximate surface area is 197 Å². The molecular formula is C27H24N2O5. The molecule has 7 nitrogen and oxygen atoms in total. The SMILES string of the molecule is CCN(CC)c1ccc(NC(=O)COC(=O)c2cccc3c2C(=O)c2ccccc2C3=O)cc1. The van der Waals surface area contributed by atoms with Crippen molar-refractivity contribution in [3.05, 3.63) is 94.5 Å². The van der Waals surface area contributed by atoms with Crippen molar-refractivity contribution in [2.45, 2.75) is 13.8 Å². The Balaban J connectivity index is 1.45. The van der Waals surface area contributed by atoms with Gasteiger partial charge in [0.25, 0.3) is 5.91 Å². The maximum Gasteiger partial charge on any atom is 0.339 e. The van der Waals surface area contributed by atoms with Gasteiger partial charge in [0.2, 0.25) is 0 Å². The minimum atomic E-state index is -0.843. The van der Waals surface area contributed by atoms with E-state index in [4.69, 9.17) is 4.74 Å². The van der Waals surface area contributed by atoms with Gasteiger partial charge in [0, 0.05) is 46.7 Å². The van der Waals surface area contributed by atoms with E-state index >= 15 is 0 Å². The zero-order chi connectivity index (χ0) is 24.2. The molecule has 0 saturated carbocycles. The predicted octanol–water partition coefficient (Wildman–Crippen LogP) is 4.10. The molecule has 0 radical (unpaired) electrons. The molecule has 0 aliphatic heterocycles. The van der Waals surface area contributed by atoms with Crippen LogP contribution in [0.5, 0.6) is 0 Å². The first-order valence-electron chi connectivity index (χ1n) is 11.1. The smallest absolute Gasteiger partial charge is 0.339 e. The fourth-order valence-corrected chi connectivity index (χ4v) is 4.07. The summed E-state index contributed by atoms with van der Waals surface area (Å²) in [4.78, 5) is 53.1. The van der Waals surface area contributed by atoms with Gasteiger partial charge in [-0.25, -0.2) is 4.79 Å². The molecule has 0 bridgehead atoms. The highest BCUT2D eigenvalue weighted by atomic mass is 16.5. The van der Waals surface area contributed by atoms with Crippen molar-refractivity contribution >= 4 is 34.8 Å². The van der Waals surface area contributed by atoms with E-state index in [1.807, 2.05) is 12.1 Å². The fourth-order valence-electron chi connectivity index (χ4n) is 4.07. The number of anilines is 2. The fraction of sp³-hybridized carbons (Fsp3) is 0.185. The van der Waals surface area contributed by atoms with Crippen molar-refractivity contribution < 1.29 is 23.9 Å². The van der Waals surface area contributed by atoms with Crippen LogP contribution >= 0.6 is 0 Å². The first-order valence-corrected chi connectivity index (χ1v) is 11.1. The average molecular weight is 456 g/mol. The molecule has 1 aliphatic rings. The third-order valence-electron chi connectivity index (χ3n) is 5.79. The molecule has 0 heterocycles.